The largest absolute Gasteiger partial charge is 0.398 e. The second-order valence-corrected chi connectivity index (χ2v) is 5.78. The summed E-state index contributed by atoms with van der Waals surface area (Å²) in [6, 6.07) is 11.6. The number of aromatic nitrogens is 2. The third-order valence-electron chi connectivity index (χ3n) is 3.32. The molecule has 0 atom stereocenters. The smallest absolute Gasteiger partial charge is 0.137 e. The summed E-state index contributed by atoms with van der Waals surface area (Å²) in [6.45, 7) is 0.780. The molecular weight excluding hydrogens is 284 g/mol. The van der Waals surface area contributed by atoms with Crippen LogP contribution < -0.4 is 5.73 Å². The molecule has 2 heterocycles. The minimum Gasteiger partial charge on any atom is -0.398 e. The molecular formula is C16H17ClN4. The molecule has 0 amide bonds. The molecule has 5 heteroatoms. The molecule has 1 aromatic carbocycles. The minimum absolute atomic E-state index is 0.723. The van der Waals surface area contributed by atoms with Crippen molar-refractivity contribution in [3.63, 3.8) is 0 Å². The normalized spacial score (nSPS) is 11.4. The number of anilines is 1. The Bertz CT molecular complexity index is 775. The maximum atomic E-state index is 5.97. The first-order valence-electron chi connectivity index (χ1n) is 6.72. The van der Waals surface area contributed by atoms with Crippen molar-refractivity contribution >= 4 is 22.9 Å². The lowest BCUT2D eigenvalue weighted by Crippen LogP contribution is -2.13. The Labute approximate surface area is 128 Å². The molecule has 0 radical (unpaired) electrons. The van der Waals surface area contributed by atoms with Crippen LogP contribution in [0.1, 0.15) is 5.69 Å². The van der Waals surface area contributed by atoms with E-state index in [1.54, 1.807) is 0 Å². The van der Waals surface area contributed by atoms with E-state index in [2.05, 4.69) is 9.30 Å². The highest BCUT2D eigenvalue weighted by atomic mass is 35.5. The molecule has 0 spiro atoms. The van der Waals surface area contributed by atoms with E-state index in [4.69, 9.17) is 22.3 Å². The van der Waals surface area contributed by atoms with Crippen LogP contribution in [0.3, 0.4) is 0 Å². The molecule has 0 aliphatic carbocycles. The Kier molecular flexibility index (Phi) is 3.57. The standard InChI is InChI=1S/C16H17ClN4/c1-20(2)10-14-16(11-3-5-12(17)6-4-11)19-15-8-7-13(18)9-21(14)15/h3-9H,10,18H2,1-2H3. The Morgan fingerprint density at radius 2 is 1.86 bits per heavy atom. The molecule has 0 saturated heterocycles. The van der Waals surface area contributed by atoms with Crippen LogP contribution in [-0.4, -0.2) is 28.4 Å². The van der Waals surface area contributed by atoms with Gasteiger partial charge in [-0.15, -0.1) is 0 Å². The summed E-state index contributed by atoms with van der Waals surface area (Å²) >= 11 is 5.97. The number of pyridine rings is 1. The maximum Gasteiger partial charge on any atom is 0.137 e. The SMILES string of the molecule is CN(C)Cc1c(-c2ccc(Cl)cc2)nc2ccc(N)cn12. The van der Waals surface area contributed by atoms with E-state index in [1.165, 1.54) is 0 Å². The second kappa shape index (κ2) is 5.39. The number of nitrogen functional groups attached to an aromatic ring is 1. The predicted octanol–water partition coefficient (Wildman–Crippen LogP) is 3.30. The Morgan fingerprint density at radius 1 is 1.14 bits per heavy atom. The van der Waals surface area contributed by atoms with Crippen LogP contribution in [0.4, 0.5) is 5.69 Å². The van der Waals surface area contributed by atoms with Crippen molar-refractivity contribution in [1.29, 1.82) is 0 Å². The highest BCUT2D eigenvalue weighted by Crippen LogP contribution is 2.27. The van der Waals surface area contributed by atoms with Crippen molar-refractivity contribution in [3.8, 4) is 11.3 Å². The summed E-state index contributed by atoms with van der Waals surface area (Å²) in [7, 11) is 4.08. The van der Waals surface area contributed by atoms with Gasteiger partial charge in [0, 0.05) is 29.0 Å². The Balaban J connectivity index is 2.22. The summed E-state index contributed by atoms with van der Waals surface area (Å²) in [6.07, 6.45) is 1.92. The molecule has 0 aliphatic rings. The van der Waals surface area contributed by atoms with Gasteiger partial charge in [0.25, 0.3) is 0 Å². The first kappa shape index (κ1) is 13.9. The van der Waals surface area contributed by atoms with E-state index in [0.29, 0.717) is 0 Å². The van der Waals surface area contributed by atoms with Crippen molar-refractivity contribution in [2.75, 3.05) is 19.8 Å². The molecule has 4 nitrogen and oxygen atoms in total. The molecule has 21 heavy (non-hydrogen) atoms. The summed E-state index contributed by atoms with van der Waals surface area (Å²) in [5, 5.41) is 0.723. The van der Waals surface area contributed by atoms with Gasteiger partial charge in [-0.2, -0.15) is 0 Å². The van der Waals surface area contributed by atoms with E-state index in [9.17, 15) is 0 Å². The highest BCUT2D eigenvalue weighted by Gasteiger charge is 2.14. The average Bonchev–Trinajstić information content (AvgIpc) is 2.77. The first-order valence-corrected chi connectivity index (χ1v) is 7.09. The lowest BCUT2D eigenvalue weighted by Gasteiger charge is -2.11. The van der Waals surface area contributed by atoms with Gasteiger partial charge in [-0.3, -0.25) is 0 Å². The summed E-state index contributed by atoms with van der Waals surface area (Å²) < 4.78 is 2.05. The minimum atomic E-state index is 0.723. The summed E-state index contributed by atoms with van der Waals surface area (Å²) in [5.74, 6) is 0. The molecule has 2 aromatic heterocycles. The van der Waals surface area contributed by atoms with Gasteiger partial charge in [0.2, 0.25) is 0 Å². The zero-order valence-electron chi connectivity index (χ0n) is 12.0. The van der Waals surface area contributed by atoms with Crippen LogP contribution in [0.25, 0.3) is 16.9 Å². The number of nitrogens with two attached hydrogens (primary N) is 1. The lowest BCUT2D eigenvalue weighted by atomic mass is 10.1. The molecule has 0 bridgehead atoms. The first-order chi connectivity index (χ1) is 10.0. The molecule has 0 fully saturated rings. The Morgan fingerprint density at radius 3 is 2.52 bits per heavy atom. The fraction of sp³-hybridized carbons (Fsp3) is 0.188. The maximum absolute atomic E-state index is 5.97. The van der Waals surface area contributed by atoms with E-state index in [0.717, 1.165) is 39.9 Å². The van der Waals surface area contributed by atoms with E-state index >= 15 is 0 Å². The molecule has 2 N–H and O–H groups in total. The van der Waals surface area contributed by atoms with Gasteiger partial charge in [0.15, 0.2) is 0 Å². The fourth-order valence-electron chi connectivity index (χ4n) is 2.40. The number of hydrogen-bond acceptors (Lipinski definition) is 3. The predicted molar refractivity (Wildman–Crippen MR) is 87.4 cm³/mol. The monoisotopic (exact) mass is 300 g/mol. The third kappa shape index (κ3) is 2.73. The van der Waals surface area contributed by atoms with Crippen LogP contribution in [-0.2, 0) is 6.54 Å². The number of nitrogens with zero attached hydrogens (tertiary/aromatic N) is 3. The number of fused-ring (bicyclic) bond motifs is 1. The topological polar surface area (TPSA) is 46.6 Å². The van der Waals surface area contributed by atoms with Crippen molar-refractivity contribution < 1.29 is 0 Å². The fourth-order valence-corrected chi connectivity index (χ4v) is 2.53. The van der Waals surface area contributed by atoms with E-state index in [-0.39, 0.29) is 0 Å². The quantitative estimate of drug-likeness (QED) is 0.807. The van der Waals surface area contributed by atoms with Gasteiger partial charge in [0.1, 0.15) is 5.65 Å². The van der Waals surface area contributed by atoms with Gasteiger partial charge in [-0.1, -0.05) is 23.7 Å². The van der Waals surface area contributed by atoms with Crippen molar-refractivity contribution in [3.05, 3.63) is 53.3 Å². The van der Waals surface area contributed by atoms with Crippen LogP contribution >= 0.6 is 11.6 Å². The van der Waals surface area contributed by atoms with Gasteiger partial charge >= 0.3 is 0 Å². The molecule has 108 valence electrons. The van der Waals surface area contributed by atoms with Gasteiger partial charge in [0.05, 0.1) is 11.4 Å². The van der Waals surface area contributed by atoms with E-state index < -0.39 is 0 Å². The van der Waals surface area contributed by atoms with Crippen LogP contribution in [0.15, 0.2) is 42.6 Å². The van der Waals surface area contributed by atoms with E-state index in [1.807, 2.05) is 56.7 Å². The lowest BCUT2D eigenvalue weighted by molar-refractivity contribution is 0.396. The highest BCUT2D eigenvalue weighted by molar-refractivity contribution is 6.30. The number of hydrogen-bond donors (Lipinski definition) is 1. The molecule has 0 unspecified atom stereocenters. The van der Waals surface area contributed by atoms with Crippen molar-refractivity contribution in [2.45, 2.75) is 6.54 Å². The van der Waals surface area contributed by atoms with Gasteiger partial charge in [-0.25, -0.2) is 4.98 Å². The Hall–Kier alpha value is -2.04. The average molecular weight is 301 g/mol. The summed E-state index contributed by atoms with van der Waals surface area (Å²) in [4.78, 5) is 6.86. The van der Waals surface area contributed by atoms with Gasteiger partial charge in [-0.05, 0) is 38.4 Å². The van der Waals surface area contributed by atoms with Crippen LogP contribution in [0.5, 0.6) is 0 Å². The molecule has 3 aromatic rings. The number of halogens is 1. The number of rotatable bonds is 3. The van der Waals surface area contributed by atoms with Gasteiger partial charge < -0.3 is 15.0 Å². The van der Waals surface area contributed by atoms with Crippen molar-refractivity contribution in [2.24, 2.45) is 0 Å². The second-order valence-electron chi connectivity index (χ2n) is 5.34. The number of benzene rings is 1. The van der Waals surface area contributed by atoms with Crippen LogP contribution in [0.2, 0.25) is 5.02 Å². The van der Waals surface area contributed by atoms with Crippen LogP contribution in [0, 0.1) is 0 Å². The number of imidazole rings is 1. The van der Waals surface area contributed by atoms with Crippen molar-refractivity contribution in [1.82, 2.24) is 14.3 Å². The molecule has 3 rings (SSSR count). The zero-order valence-corrected chi connectivity index (χ0v) is 12.8. The molecule has 0 aliphatic heterocycles. The summed E-state index contributed by atoms with van der Waals surface area (Å²) in [5.41, 5.74) is 10.7. The zero-order chi connectivity index (χ0) is 15.0. The third-order valence-corrected chi connectivity index (χ3v) is 3.58. The molecule has 0 saturated carbocycles.